The molecule has 0 aromatic rings. The Balaban J connectivity index is 3.76. The Kier molecular flexibility index (Phi) is 8.34. The highest BCUT2D eigenvalue weighted by Gasteiger charge is 1.99. The topological polar surface area (TPSA) is 26.3 Å². The Morgan fingerprint density at radius 1 is 1.44 bits per heavy atom. The molecule has 2 nitrogen and oxygen atoms in total. The van der Waals surface area contributed by atoms with E-state index in [1.807, 2.05) is 0 Å². The fraction of sp³-hybridized carbons (Fsp3) is 0.643. The van der Waals surface area contributed by atoms with E-state index in [1.54, 1.807) is 6.92 Å². The van der Waals surface area contributed by atoms with Crippen LogP contribution in [0.3, 0.4) is 0 Å². The van der Waals surface area contributed by atoms with E-state index in [4.69, 9.17) is 4.74 Å². The first-order chi connectivity index (χ1) is 7.56. The third-order valence-electron chi connectivity index (χ3n) is 2.13. The summed E-state index contributed by atoms with van der Waals surface area (Å²) in [6.45, 7) is 8.53. The summed E-state index contributed by atoms with van der Waals surface area (Å²) in [5.41, 5.74) is 1.35. The summed E-state index contributed by atoms with van der Waals surface area (Å²) in [6, 6.07) is 0. The molecule has 0 aliphatic carbocycles. The lowest BCUT2D eigenvalue weighted by Crippen LogP contribution is -2.00. The highest BCUT2D eigenvalue weighted by molar-refractivity contribution is 5.88. The van der Waals surface area contributed by atoms with Crippen molar-refractivity contribution < 1.29 is 9.53 Å². The average molecular weight is 222 g/mol. The summed E-state index contributed by atoms with van der Waals surface area (Å²) >= 11 is 0. The van der Waals surface area contributed by atoms with Crippen LogP contribution in [0.5, 0.6) is 0 Å². The smallest absolute Gasteiger partial charge is 0.384 e. The predicted molar refractivity (Wildman–Crippen MR) is 66.9 cm³/mol. The molecule has 0 N–H and O–H groups in total. The van der Waals surface area contributed by atoms with Gasteiger partial charge in [0.05, 0.1) is 6.61 Å². The lowest BCUT2D eigenvalue weighted by Gasteiger charge is -2.04. The molecule has 0 aromatic heterocycles. The molecule has 0 spiro atoms. The Bertz CT molecular complexity index is 288. The maximum atomic E-state index is 10.9. The quantitative estimate of drug-likeness (QED) is 0.309. The van der Waals surface area contributed by atoms with E-state index in [0.29, 0.717) is 12.5 Å². The molecule has 0 aliphatic rings. The first kappa shape index (κ1) is 14.8. The van der Waals surface area contributed by atoms with Gasteiger partial charge in [-0.15, -0.1) is 0 Å². The third kappa shape index (κ3) is 9.33. The molecule has 0 fully saturated rings. The second kappa shape index (κ2) is 9.03. The minimum absolute atomic E-state index is 0.392. The van der Waals surface area contributed by atoms with Gasteiger partial charge in [0.25, 0.3) is 0 Å². The normalized spacial score (nSPS) is 11.0. The second-order valence-electron chi connectivity index (χ2n) is 4.19. The van der Waals surface area contributed by atoms with Crippen molar-refractivity contribution in [1.82, 2.24) is 0 Å². The number of ether oxygens (including phenoxy) is 1. The zero-order chi connectivity index (χ0) is 12.4. The number of hydrogen-bond acceptors (Lipinski definition) is 2. The average Bonchev–Trinajstić information content (AvgIpc) is 2.17. The largest absolute Gasteiger partial charge is 0.456 e. The van der Waals surface area contributed by atoms with Crippen LogP contribution in [-0.2, 0) is 9.53 Å². The highest BCUT2D eigenvalue weighted by Crippen LogP contribution is 2.10. The van der Waals surface area contributed by atoms with Gasteiger partial charge in [-0.1, -0.05) is 24.5 Å². The monoisotopic (exact) mass is 222 g/mol. The number of hydrogen-bond donors (Lipinski definition) is 0. The summed E-state index contributed by atoms with van der Waals surface area (Å²) in [5.74, 6) is 5.46. The van der Waals surface area contributed by atoms with E-state index in [9.17, 15) is 4.79 Å². The molecule has 90 valence electrons. The van der Waals surface area contributed by atoms with Gasteiger partial charge in [0.15, 0.2) is 0 Å². The van der Waals surface area contributed by atoms with E-state index >= 15 is 0 Å². The number of allylic oxidation sites excluding steroid dienone is 2. The van der Waals surface area contributed by atoms with Gasteiger partial charge >= 0.3 is 5.97 Å². The summed E-state index contributed by atoms with van der Waals surface area (Å²) in [6.07, 6.45) is 5.19. The van der Waals surface area contributed by atoms with Crippen molar-refractivity contribution in [2.45, 2.75) is 47.0 Å². The summed E-state index contributed by atoms with van der Waals surface area (Å²) in [7, 11) is 0. The van der Waals surface area contributed by atoms with Gasteiger partial charge in [-0.25, -0.2) is 4.79 Å². The molecule has 0 saturated carbocycles. The zero-order valence-electron chi connectivity index (χ0n) is 10.8. The predicted octanol–water partition coefficient (Wildman–Crippen LogP) is 3.33. The SMILES string of the molecule is CCOC(=O)C#CCC(C)CCC=C(C)C. The summed E-state index contributed by atoms with van der Waals surface area (Å²) in [5, 5.41) is 0. The Morgan fingerprint density at radius 2 is 2.12 bits per heavy atom. The van der Waals surface area contributed by atoms with E-state index < -0.39 is 5.97 Å². The van der Waals surface area contributed by atoms with Gasteiger partial charge in [0, 0.05) is 12.3 Å². The highest BCUT2D eigenvalue weighted by atomic mass is 16.5. The Hall–Kier alpha value is -1.23. The maximum absolute atomic E-state index is 10.9. The van der Waals surface area contributed by atoms with Gasteiger partial charge in [-0.3, -0.25) is 0 Å². The first-order valence-electron chi connectivity index (χ1n) is 5.85. The van der Waals surface area contributed by atoms with Crippen LogP contribution in [0.1, 0.15) is 47.0 Å². The molecule has 0 aliphatic heterocycles. The molecule has 1 atom stereocenters. The van der Waals surface area contributed by atoms with Crippen molar-refractivity contribution >= 4 is 5.97 Å². The number of rotatable bonds is 5. The summed E-state index contributed by atoms with van der Waals surface area (Å²) in [4.78, 5) is 10.9. The molecular formula is C14H22O2. The molecule has 0 heterocycles. The summed E-state index contributed by atoms with van der Waals surface area (Å²) < 4.78 is 4.71. The van der Waals surface area contributed by atoms with Crippen LogP contribution in [0.15, 0.2) is 11.6 Å². The van der Waals surface area contributed by atoms with E-state index in [-0.39, 0.29) is 0 Å². The van der Waals surface area contributed by atoms with Crippen LogP contribution in [0.25, 0.3) is 0 Å². The minimum atomic E-state index is -0.418. The molecule has 2 heteroatoms. The van der Waals surface area contributed by atoms with Gasteiger partial charge < -0.3 is 4.74 Å². The molecule has 0 saturated heterocycles. The standard InChI is InChI=1S/C14H22O2/c1-5-16-14(15)11-7-10-13(4)9-6-8-12(2)3/h8,13H,5-6,9-10H2,1-4H3. The van der Waals surface area contributed by atoms with Gasteiger partial charge in [-0.2, -0.15) is 0 Å². The van der Waals surface area contributed by atoms with Crippen molar-refractivity contribution in [3.63, 3.8) is 0 Å². The van der Waals surface area contributed by atoms with Crippen LogP contribution >= 0.6 is 0 Å². The van der Waals surface area contributed by atoms with Gasteiger partial charge in [0.1, 0.15) is 0 Å². The van der Waals surface area contributed by atoms with Crippen LogP contribution in [0.4, 0.5) is 0 Å². The van der Waals surface area contributed by atoms with Crippen LogP contribution < -0.4 is 0 Å². The van der Waals surface area contributed by atoms with Crippen molar-refractivity contribution in [3.8, 4) is 11.8 Å². The first-order valence-corrected chi connectivity index (χ1v) is 5.85. The van der Waals surface area contributed by atoms with Crippen LogP contribution in [0, 0.1) is 17.8 Å². The van der Waals surface area contributed by atoms with Crippen molar-refractivity contribution in [2.75, 3.05) is 6.61 Å². The van der Waals surface area contributed by atoms with Gasteiger partial charge in [0.2, 0.25) is 0 Å². The number of esters is 1. The van der Waals surface area contributed by atoms with Crippen molar-refractivity contribution in [3.05, 3.63) is 11.6 Å². The zero-order valence-corrected chi connectivity index (χ0v) is 10.8. The Labute approximate surface area is 99.1 Å². The van der Waals surface area contributed by atoms with E-state index in [1.165, 1.54) is 5.57 Å². The third-order valence-corrected chi connectivity index (χ3v) is 2.13. The molecule has 0 aromatic carbocycles. The molecule has 0 bridgehead atoms. The number of carbonyl (C=O) groups is 1. The molecule has 0 rings (SSSR count). The Morgan fingerprint density at radius 3 is 2.69 bits per heavy atom. The lowest BCUT2D eigenvalue weighted by atomic mass is 10.0. The minimum Gasteiger partial charge on any atom is -0.456 e. The fourth-order valence-electron chi connectivity index (χ4n) is 1.22. The molecular weight excluding hydrogens is 200 g/mol. The lowest BCUT2D eigenvalue weighted by molar-refractivity contribution is -0.136. The van der Waals surface area contributed by atoms with Crippen molar-refractivity contribution in [1.29, 1.82) is 0 Å². The van der Waals surface area contributed by atoms with Crippen LogP contribution in [-0.4, -0.2) is 12.6 Å². The maximum Gasteiger partial charge on any atom is 0.384 e. The van der Waals surface area contributed by atoms with E-state index in [0.717, 1.165) is 19.3 Å². The molecule has 16 heavy (non-hydrogen) atoms. The molecule has 1 unspecified atom stereocenters. The fourth-order valence-corrected chi connectivity index (χ4v) is 1.22. The second-order valence-corrected chi connectivity index (χ2v) is 4.19. The molecule has 0 amide bonds. The van der Waals surface area contributed by atoms with Crippen LogP contribution in [0.2, 0.25) is 0 Å². The number of carbonyl (C=O) groups excluding carboxylic acids is 1. The molecule has 0 radical (unpaired) electrons. The van der Waals surface area contributed by atoms with Gasteiger partial charge in [-0.05, 0) is 39.5 Å². The van der Waals surface area contributed by atoms with E-state index in [2.05, 4.69) is 38.7 Å². The van der Waals surface area contributed by atoms with Crippen molar-refractivity contribution in [2.24, 2.45) is 5.92 Å².